The van der Waals surface area contributed by atoms with Gasteiger partial charge in [0.15, 0.2) is 0 Å². The highest BCUT2D eigenvalue weighted by atomic mass is 79.9. The lowest BCUT2D eigenvalue weighted by Gasteiger charge is -2.06. The second kappa shape index (κ2) is 6.32. The Kier molecular flexibility index (Phi) is 4.72. The van der Waals surface area contributed by atoms with Gasteiger partial charge in [-0.1, -0.05) is 0 Å². The lowest BCUT2D eigenvalue weighted by atomic mass is 10.2. The summed E-state index contributed by atoms with van der Waals surface area (Å²) in [6.07, 6.45) is 1.21. The molecule has 0 saturated heterocycles. The fraction of sp³-hybridized carbons (Fsp3) is 0.0769. The normalized spacial score (nSPS) is 10.6. The summed E-state index contributed by atoms with van der Waals surface area (Å²) in [6, 6.07) is 5.38. The predicted octanol–water partition coefficient (Wildman–Crippen LogP) is 4.11. The molecular formula is C13H8BrF2NO2S. The fourth-order valence-electron chi connectivity index (χ4n) is 1.44. The van der Waals surface area contributed by atoms with Crippen LogP contribution in [0.4, 0.5) is 8.78 Å². The number of carboxylic acids is 1. The van der Waals surface area contributed by atoms with Crippen molar-refractivity contribution in [2.45, 2.75) is 10.8 Å². The minimum Gasteiger partial charge on any atom is -0.478 e. The molecule has 1 heterocycles. The van der Waals surface area contributed by atoms with E-state index in [1.165, 1.54) is 30.5 Å². The molecule has 0 aliphatic heterocycles. The van der Waals surface area contributed by atoms with Gasteiger partial charge in [0.05, 0.1) is 15.1 Å². The molecule has 0 spiro atoms. The maximum atomic E-state index is 13.7. The van der Waals surface area contributed by atoms with Crippen LogP contribution in [-0.4, -0.2) is 16.1 Å². The third kappa shape index (κ3) is 3.34. The molecule has 2 rings (SSSR count). The van der Waals surface area contributed by atoms with Gasteiger partial charge in [-0.25, -0.2) is 18.6 Å². The van der Waals surface area contributed by atoms with E-state index in [0.29, 0.717) is 5.03 Å². The highest BCUT2D eigenvalue weighted by Gasteiger charge is 2.13. The summed E-state index contributed by atoms with van der Waals surface area (Å²) in [5.41, 5.74) is 0.0163. The van der Waals surface area contributed by atoms with Crippen LogP contribution in [0.1, 0.15) is 15.9 Å². The predicted molar refractivity (Wildman–Crippen MR) is 74.8 cm³/mol. The second-order valence-corrected chi connectivity index (χ2v) is 5.65. The first kappa shape index (κ1) is 14.9. The molecule has 1 aromatic carbocycles. The van der Waals surface area contributed by atoms with Crippen molar-refractivity contribution in [3.05, 3.63) is 57.7 Å². The second-order valence-electron chi connectivity index (χ2n) is 3.80. The number of pyridine rings is 1. The van der Waals surface area contributed by atoms with Crippen molar-refractivity contribution in [1.29, 1.82) is 0 Å². The van der Waals surface area contributed by atoms with Gasteiger partial charge in [-0.2, -0.15) is 0 Å². The molecule has 2 aromatic rings. The van der Waals surface area contributed by atoms with Crippen LogP contribution in [0.15, 0.2) is 40.0 Å². The minimum atomic E-state index is -1.07. The SMILES string of the molecule is O=C(O)c1ccc(SCc2c(F)ccc(Br)c2F)nc1. The van der Waals surface area contributed by atoms with E-state index in [2.05, 4.69) is 20.9 Å². The summed E-state index contributed by atoms with van der Waals surface area (Å²) in [6.45, 7) is 0. The van der Waals surface area contributed by atoms with Gasteiger partial charge in [-0.15, -0.1) is 11.8 Å². The molecule has 0 amide bonds. The standard InChI is InChI=1S/C13H8BrF2NO2S/c14-9-2-3-10(15)8(12(9)16)6-20-11-4-1-7(5-17-11)13(18)19/h1-5H,6H2,(H,18,19). The molecule has 0 unspecified atom stereocenters. The molecule has 104 valence electrons. The number of hydrogen-bond acceptors (Lipinski definition) is 3. The van der Waals surface area contributed by atoms with Crippen molar-refractivity contribution in [3.8, 4) is 0 Å². The van der Waals surface area contributed by atoms with E-state index in [9.17, 15) is 13.6 Å². The van der Waals surface area contributed by atoms with Crippen LogP contribution in [0, 0.1) is 11.6 Å². The van der Waals surface area contributed by atoms with Gasteiger partial charge in [0.25, 0.3) is 0 Å². The van der Waals surface area contributed by atoms with Crippen molar-refractivity contribution in [2.75, 3.05) is 0 Å². The van der Waals surface area contributed by atoms with Gasteiger partial charge in [0.1, 0.15) is 11.6 Å². The van der Waals surface area contributed by atoms with Gasteiger partial charge in [-0.05, 0) is 40.2 Å². The van der Waals surface area contributed by atoms with Crippen molar-refractivity contribution in [3.63, 3.8) is 0 Å². The molecule has 0 fully saturated rings. The van der Waals surface area contributed by atoms with E-state index in [1.807, 2.05) is 0 Å². The Labute approximate surface area is 126 Å². The maximum Gasteiger partial charge on any atom is 0.337 e. The van der Waals surface area contributed by atoms with Gasteiger partial charge in [0, 0.05) is 17.5 Å². The lowest BCUT2D eigenvalue weighted by Crippen LogP contribution is -1.97. The molecule has 20 heavy (non-hydrogen) atoms. The average Bonchev–Trinajstić information content (AvgIpc) is 2.43. The van der Waals surface area contributed by atoms with Gasteiger partial charge < -0.3 is 5.11 Å². The van der Waals surface area contributed by atoms with E-state index >= 15 is 0 Å². The van der Waals surface area contributed by atoms with Crippen molar-refractivity contribution < 1.29 is 18.7 Å². The van der Waals surface area contributed by atoms with Crippen LogP contribution in [0.2, 0.25) is 0 Å². The van der Waals surface area contributed by atoms with E-state index in [4.69, 9.17) is 5.11 Å². The Hall–Kier alpha value is -1.47. The van der Waals surface area contributed by atoms with Crippen LogP contribution in [0.25, 0.3) is 0 Å². The minimum absolute atomic E-state index is 0.0477. The Balaban J connectivity index is 2.13. The molecule has 3 nitrogen and oxygen atoms in total. The number of aromatic nitrogens is 1. The zero-order valence-corrected chi connectivity index (χ0v) is 12.3. The zero-order chi connectivity index (χ0) is 14.7. The monoisotopic (exact) mass is 359 g/mol. The van der Waals surface area contributed by atoms with Crippen LogP contribution in [0.5, 0.6) is 0 Å². The summed E-state index contributed by atoms with van der Waals surface area (Å²) in [5, 5.41) is 9.23. The number of halogens is 3. The number of aromatic carboxylic acids is 1. The summed E-state index contributed by atoms with van der Waals surface area (Å²) in [5.74, 6) is -2.27. The number of carbonyl (C=O) groups is 1. The molecule has 1 N–H and O–H groups in total. The highest BCUT2D eigenvalue weighted by molar-refractivity contribution is 9.10. The lowest BCUT2D eigenvalue weighted by molar-refractivity contribution is 0.0696. The maximum absolute atomic E-state index is 13.7. The number of hydrogen-bond donors (Lipinski definition) is 1. The average molecular weight is 360 g/mol. The quantitative estimate of drug-likeness (QED) is 0.659. The zero-order valence-electron chi connectivity index (χ0n) is 9.94. The molecule has 0 radical (unpaired) electrons. The van der Waals surface area contributed by atoms with Gasteiger partial charge >= 0.3 is 5.97 Å². The first-order valence-electron chi connectivity index (χ1n) is 5.43. The van der Waals surface area contributed by atoms with Crippen LogP contribution < -0.4 is 0 Å². The summed E-state index contributed by atoms with van der Waals surface area (Å²) in [7, 11) is 0. The van der Waals surface area contributed by atoms with Crippen molar-refractivity contribution >= 4 is 33.7 Å². The molecule has 0 atom stereocenters. The van der Waals surface area contributed by atoms with E-state index in [0.717, 1.165) is 11.8 Å². The van der Waals surface area contributed by atoms with Crippen LogP contribution in [-0.2, 0) is 5.75 Å². The summed E-state index contributed by atoms with van der Waals surface area (Å²) < 4.78 is 27.5. The summed E-state index contributed by atoms with van der Waals surface area (Å²) >= 11 is 4.13. The van der Waals surface area contributed by atoms with E-state index in [-0.39, 0.29) is 21.4 Å². The highest BCUT2D eigenvalue weighted by Crippen LogP contribution is 2.28. The third-order valence-corrected chi connectivity index (χ3v) is 4.07. The van der Waals surface area contributed by atoms with Gasteiger partial charge in [0.2, 0.25) is 0 Å². The first-order chi connectivity index (χ1) is 9.49. The van der Waals surface area contributed by atoms with Crippen LogP contribution in [0.3, 0.4) is 0 Å². The first-order valence-corrected chi connectivity index (χ1v) is 7.21. The Morgan fingerprint density at radius 1 is 1.30 bits per heavy atom. The molecule has 0 aliphatic rings. The van der Waals surface area contributed by atoms with Crippen molar-refractivity contribution in [1.82, 2.24) is 4.98 Å². The Bertz CT molecular complexity index is 650. The number of carboxylic acid groups (broad SMARTS) is 1. The molecular weight excluding hydrogens is 352 g/mol. The fourth-order valence-corrected chi connectivity index (χ4v) is 2.66. The van der Waals surface area contributed by atoms with Crippen LogP contribution >= 0.6 is 27.7 Å². The Morgan fingerprint density at radius 3 is 2.65 bits per heavy atom. The van der Waals surface area contributed by atoms with E-state index < -0.39 is 17.6 Å². The number of thioether (sulfide) groups is 1. The molecule has 0 bridgehead atoms. The summed E-state index contributed by atoms with van der Waals surface area (Å²) in [4.78, 5) is 14.6. The number of benzene rings is 1. The largest absolute Gasteiger partial charge is 0.478 e. The molecule has 7 heteroatoms. The number of rotatable bonds is 4. The van der Waals surface area contributed by atoms with E-state index in [1.54, 1.807) is 0 Å². The molecule has 1 aromatic heterocycles. The van der Waals surface area contributed by atoms with Gasteiger partial charge in [-0.3, -0.25) is 0 Å². The molecule has 0 aliphatic carbocycles. The van der Waals surface area contributed by atoms with Crippen molar-refractivity contribution in [2.24, 2.45) is 0 Å². The smallest absolute Gasteiger partial charge is 0.337 e. The molecule has 0 saturated carbocycles. The topological polar surface area (TPSA) is 50.2 Å². The Morgan fingerprint density at radius 2 is 2.05 bits per heavy atom. The number of nitrogens with zero attached hydrogens (tertiary/aromatic N) is 1. The third-order valence-electron chi connectivity index (χ3n) is 2.49.